The number of ether oxygens (including phenoxy) is 1. The number of anilines is 1. The van der Waals surface area contributed by atoms with Gasteiger partial charge in [0.05, 0.1) is 33.1 Å². The van der Waals surface area contributed by atoms with Crippen LogP contribution in [0.5, 0.6) is 0 Å². The normalized spacial score (nSPS) is 14.8. The summed E-state index contributed by atoms with van der Waals surface area (Å²) in [5, 5.41) is 13.9. The number of carbonyl (C=O) groups is 2. The molecule has 218 valence electrons. The number of benzene rings is 3. The number of nitrogens with one attached hydrogen (secondary N) is 1. The standard InChI is InChI=1S/C32H28N4O6S/c1-4-42-32(39)26-25(21-11-7-19(3)8-12-21)27(29(37)34-22-13-15-23(16-14-22)36(40)41)31-35(28(26)33)30(38)24(43-31)17-20-9-5-18(2)6-10-20/h5-17,25H,4,33H2,1-3H3,(H,34,37)/b24-17-. The predicted octanol–water partition coefficient (Wildman–Crippen LogP) is 3.54. The molecule has 1 aliphatic heterocycles. The predicted molar refractivity (Wildman–Crippen MR) is 166 cm³/mol. The highest BCUT2D eigenvalue weighted by Crippen LogP contribution is 2.38. The van der Waals surface area contributed by atoms with Crippen molar-refractivity contribution in [2.24, 2.45) is 5.73 Å². The number of aromatic nitrogens is 1. The highest BCUT2D eigenvalue weighted by Gasteiger charge is 2.39. The number of rotatable bonds is 7. The van der Waals surface area contributed by atoms with Gasteiger partial charge in [-0.2, -0.15) is 0 Å². The number of nitro benzene ring substituents is 1. The van der Waals surface area contributed by atoms with Crippen LogP contribution in [-0.2, 0) is 14.3 Å². The summed E-state index contributed by atoms with van der Waals surface area (Å²) in [6, 6.07) is 20.3. The Morgan fingerprint density at radius 2 is 1.60 bits per heavy atom. The fourth-order valence-corrected chi connectivity index (χ4v) is 6.02. The third-order valence-electron chi connectivity index (χ3n) is 7.01. The second kappa shape index (κ2) is 11.9. The van der Waals surface area contributed by atoms with Gasteiger partial charge in [0.2, 0.25) is 0 Å². The number of nitro groups is 1. The number of nitrogens with zero attached hydrogens (tertiary/aromatic N) is 2. The van der Waals surface area contributed by atoms with Gasteiger partial charge in [0.15, 0.2) is 0 Å². The fraction of sp³-hybridized carbons (Fsp3) is 0.156. The molecule has 0 aliphatic carbocycles. The monoisotopic (exact) mass is 596 g/mol. The average Bonchev–Trinajstić information content (AvgIpc) is 3.30. The van der Waals surface area contributed by atoms with E-state index in [0.29, 0.717) is 15.8 Å². The molecule has 1 aliphatic rings. The van der Waals surface area contributed by atoms with Gasteiger partial charge < -0.3 is 15.8 Å². The van der Waals surface area contributed by atoms with Crippen molar-refractivity contribution in [3.05, 3.63) is 130 Å². The third kappa shape index (κ3) is 5.75. The highest BCUT2D eigenvalue weighted by atomic mass is 32.1. The van der Waals surface area contributed by atoms with Crippen LogP contribution in [0.15, 0.2) is 83.2 Å². The third-order valence-corrected chi connectivity index (χ3v) is 8.12. The maximum atomic E-state index is 14.1. The molecular weight excluding hydrogens is 568 g/mol. The van der Waals surface area contributed by atoms with Gasteiger partial charge in [-0.3, -0.25) is 24.3 Å². The lowest BCUT2D eigenvalue weighted by atomic mass is 9.82. The molecule has 1 aromatic heterocycles. The number of nitrogens with two attached hydrogens (primary N) is 1. The molecule has 0 saturated carbocycles. The van der Waals surface area contributed by atoms with Crippen LogP contribution in [0.2, 0.25) is 0 Å². The molecule has 0 bridgehead atoms. The zero-order valence-electron chi connectivity index (χ0n) is 23.6. The van der Waals surface area contributed by atoms with Crippen LogP contribution in [0.4, 0.5) is 11.4 Å². The maximum absolute atomic E-state index is 14.1. The van der Waals surface area contributed by atoms with Crippen molar-refractivity contribution in [1.82, 2.24) is 4.57 Å². The van der Waals surface area contributed by atoms with E-state index in [-0.39, 0.29) is 33.9 Å². The lowest BCUT2D eigenvalue weighted by Gasteiger charge is -2.27. The summed E-state index contributed by atoms with van der Waals surface area (Å²) < 4.78 is 7.14. The minimum absolute atomic E-state index is 0.0335. The SMILES string of the molecule is CCOC(=O)C1=C(N)n2c(s/c(=C\c3ccc(C)cc3)c2=O)=C(C(=O)Nc2ccc([N+](=O)[O-])cc2)C1c1ccc(C)cc1. The van der Waals surface area contributed by atoms with Gasteiger partial charge in [-0.1, -0.05) is 59.7 Å². The molecule has 0 spiro atoms. The molecule has 11 heteroatoms. The zero-order valence-corrected chi connectivity index (χ0v) is 24.4. The number of thiazole rings is 1. The molecule has 1 unspecified atom stereocenters. The number of amides is 1. The Kier molecular flexibility index (Phi) is 8.09. The molecule has 3 N–H and O–H groups in total. The Labute approximate surface area is 250 Å². The molecule has 0 saturated heterocycles. The summed E-state index contributed by atoms with van der Waals surface area (Å²) in [5.41, 5.74) is 9.76. The average molecular weight is 597 g/mol. The second-order valence-corrected chi connectivity index (χ2v) is 11.0. The van der Waals surface area contributed by atoms with E-state index < -0.39 is 28.3 Å². The number of fused-ring (bicyclic) bond motifs is 1. The molecule has 1 amide bonds. The quantitative estimate of drug-likeness (QED) is 0.188. The molecule has 0 radical (unpaired) electrons. The van der Waals surface area contributed by atoms with Crippen LogP contribution in [0.3, 0.4) is 0 Å². The lowest BCUT2D eigenvalue weighted by molar-refractivity contribution is -0.384. The summed E-state index contributed by atoms with van der Waals surface area (Å²) in [7, 11) is 0. The van der Waals surface area contributed by atoms with E-state index in [2.05, 4.69) is 5.32 Å². The van der Waals surface area contributed by atoms with E-state index in [9.17, 15) is 24.5 Å². The van der Waals surface area contributed by atoms with E-state index in [1.165, 1.54) is 28.8 Å². The largest absolute Gasteiger partial charge is 0.463 e. The molecule has 4 aromatic rings. The van der Waals surface area contributed by atoms with Crippen molar-refractivity contribution in [1.29, 1.82) is 0 Å². The molecule has 0 fully saturated rings. The number of hydrogen-bond acceptors (Lipinski definition) is 8. The van der Waals surface area contributed by atoms with Crippen LogP contribution >= 0.6 is 11.3 Å². The van der Waals surface area contributed by atoms with Crippen LogP contribution in [0.25, 0.3) is 17.5 Å². The van der Waals surface area contributed by atoms with E-state index in [4.69, 9.17) is 10.5 Å². The Morgan fingerprint density at radius 3 is 2.19 bits per heavy atom. The van der Waals surface area contributed by atoms with Crippen LogP contribution < -0.4 is 25.8 Å². The van der Waals surface area contributed by atoms with Gasteiger partial charge >= 0.3 is 5.97 Å². The van der Waals surface area contributed by atoms with Crippen molar-refractivity contribution >= 4 is 52.1 Å². The van der Waals surface area contributed by atoms with Crippen molar-refractivity contribution in [3.63, 3.8) is 0 Å². The fourth-order valence-electron chi connectivity index (χ4n) is 4.85. The number of esters is 1. The van der Waals surface area contributed by atoms with Crippen molar-refractivity contribution in [3.8, 4) is 0 Å². The first-order chi connectivity index (χ1) is 20.6. The van der Waals surface area contributed by atoms with Crippen LogP contribution in [-0.4, -0.2) is 28.0 Å². The van der Waals surface area contributed by atoms with Gasteiger partial charge in [-0.25, -0.2) is 4.79 Å². The first kappa shape index (κ1) is 29.2. The minimum Gasteiger partial charge on any atom is -0.463 e. The number of non-ortho nitro benzene ring substituents is 1. The van der Waals surface area contributed by atoms with Crippen molar-refractivity contribution < 1.29 is 19.2 Å². The summed E-state index contributed by atoms with van der Waals surface area (Å²) >= 11 is 1.09. The first-order valence-electron chi connectivity index (χ1n) is 13.4. The van der Waals surface area contributed by atoms with Crippen LogP contribution in [0.1, 0.15) is 35.1 Å². The van der Waals surface area contributed by atoms with Gasteiger partial charge in [0.1, 0.15) is 10.5 Å². The van der Waals surface area contributed by atoms with Crippen molar-refractivity contribution in [2.75, 3.05) is 11.9 Å². The van der Waals surface area contributed by atoms with E-state index in [0.717, 1.165) is 28.0 Å². The molecular formula is C32H28N4O6S. The second-order valence-electron chi connectivity index (χ2n) is 10.0. The van der Waals surface area contributed by atoms with Gasteiger partial charge in [-0.15, -0.1) is 11.3 Å². The topological polar surface area (TPSA) is 147 Å². The van der Waals surface area contributed by atoms with E-state index in [1.54, 1.807) is 25.1 Å². The highest BCUT2D eigenvalue weighted by molar-refractivity contribution is 7.07. The number of hydrogen-bond donors (Lipinski definition) is 2. The summed E-state index contributed by atoms with van der Waals surface area (Å²) in [6.07, 6.45) is 1.71. The molecule has 3 aromatic carbocycles. The first-order valence-corrected chi connectivity index (χ1v) is 14.2. The van der Waals surface area contributed by atoms with Gasteiger partial charge in [0.25, 0.3) is 17.2 Å². The number of aryl methyl sites for hydroxylation is 2. The summed E-state index contributed by atoms with van der Waals surface area (Å²) in [4.78, 5) is 52.0. The molecule has 10 nitrogen and oxygen atoms in total. The Morgan fingerprint density at radius 1 is 1.00 bits per heavy atom. The number of carbonyl (C=O) groups excluding carboxylic acids is 2. The van der Waals surface area contributed by atoms with Gasteiger partial charge in [0, 0.05) is 17.8 Å². The molecule has 2 heterocycles. The van der Waals surface area contributed by atoms with Gasteiger partial charge in [-0.05, 0) is 50.1 Å². The van der Waals surface area contributed by atoms with E-state index >= 15 is 0 Å². The molecule has 43 heavy (non-hydrogen) atoms. The Balaban J connectivity index is 1.79. The van der Waals surface area contributed by atoms with E-state index in [1.807, 2.05) is 50.2 Å². The Bertz CT molecular complexity index is 1950. The summed E-state index contributed by atoms with van der Waals surface area (Å²) in [5.74, 6) is -2.44. The lowest BCUT2D eigenvalue weighted by Crippen LogP contribution is -2.42. The smallest absolute Gasteiger partial charge is 0.338 e. The van der Waals surface area contributed by atoms with Crippen molar-refractivity contribution in [2.45, 2.75) is 26.7 Å². The van der Waals surface area contributed by atoms with Crippen LogP contribution in [0, 0.1) is 24.0 Å². The maximum Gasteiger partial charge on any atom is 0.338 e. The minimum atomic E-state index is -0.969. The summed E-state index contributed by atoms with van der Waals surface area (Å²) in [6.45, 7) is 5.58. The molecule has 5 rings (SSSR count). The Hall–Kier alpha value is -5.29. The molecule has 1 atom stereocenters. The zero-order chi connectivity index (χ0) is 30.8.